The molecule has 10 nitrogen and oxygen atoms in total. The van der Waals surface area contributed by atoms with E-state index in [0.29, 0.717) is 28.5 Å². The highest BCUT2D eigenvalue weighted by Gasteiger charge is 2.31. The van der Waals surface area contributed by atoms with Gasteiger partial charge < -0.3 is 30.8 Å². The van der Waals surface area contributed by atoms with Gasteiger partial charge >= 0.3 is 0 Å². The van der Waals surface area contributed by atoms with Gasteiger partial charge in [-0.15, -0.1) is 0 Å². The van der Waals surface area contributed by atoms with Gasteiger partial charge in [0.15, 0.2) is 6.10 Å². The van der Waals surface area contributed by atoms with Crippen LogP contribution in [-0.2, 0) is 9.59 Å². The molecule has 250 valence electrons. The average molecular weight is 653 g/mol. The topological polar surface area (TPSA) is 156 Å². The Morgan fingerprint density at radius 3 is 2.29 bits per heavy atom. The van der Waals surface area contributed by atoms with Crippen LogP contribution in [0.1, 0.15) is 61.1 Å². The number of hydrogen-bond donors (Lipinski definition) is 5. The lowest BCUT2D eigenvalue weighted by Crippen LogP contribution is -2.47. The first kappa shape index (κ1) is 32.9. The third-order valence-electron chi connectivity index (χ3n) is 9.71. The zero-order valence-electron chi connectivity index (χ0n) is 26.8. The number of phenols is 1. The monoisotopic (exact) mass is 652 g/mol. The van der Waals surface area contributed by atoms with E-state index in [-0.39, 0.29) is 47.8 Å². The zero-order chi connectivity index (χ0) is 33.8. The fraction of sp³-hybridized carbons (Fsp3) is 0.351. The number of para-hydroxylation sites is 1. The van der Waals surface area contributed by atoms with Gasteiger partial charge in [-0.1, -0.05) is 30.3 Å². The van der Waals surface area contributed by atoms with Crippen LogP contribution in [-0.4, -0.2) is 71.7 Å². The summed E-state index contributed by atoms with van der Waals surface area (Å²) < 4.78 is 20.8. The molecular formula is C37H41FN6O4. The van der Waals surface area contributed by atoms with Crippen LogP contribution in [0.5, 0.6) is 11.5 Å². The summed E-state index contributed by atoms with van der Waals surface area (Å²) in [5, 5.41) is 28.9. The van der Waals surface area contributed by atoms with Crippen LogP contribution in [0, 0.1) is 16.6 Å². The number of imide groups is 1. The predicted octanol–water partition coefficient (Wildman–Crippen LogP) is 4.95. The van der Waals surface area contributed by atoms with Gasteiger partial charge in [-0.2, -0.15) is 0 Å². The number of nitrogens with zero attached hydrogens (tertiary/aromatic N) is 2. The Morgan fingerprint density at radius 2 is 1.65 bits per heavy atom. The standard InChI is InChI=1S/C37H41FN6O4/c38-31-21-27(48-34-11-12-35(46)42-37(34)47)9-10-28(31)24-13-17-43(18-14-24)26-15-19-44(20-16-26)25-7-5-23(6-8-25)30(36(40)41)22-32(39)29-3-1-2-4-33(29)45/h1-10,21-22,24,26,34,39,45H,11-20H2,(H3,40,41)(H,42,46,47)/b30-22-,39-32?. The summed E-state index contributed by atoms with van der Waals surface area (Å²) in [5.74, 6) is -0.841. The minimum Gasteiger partial charge on any atom is -0.507 e. The second-order valence-electron chi connectivity index (χ2n) is 12.7. The summed E-state index contributed by atoms with van der Waals surface area (Å²) in [5.41, 5.74) is 9.27. The maximum Gasteiger partial charge on any atom is 0.267 e. The highest BCUT2D eigenvalue weighted by molar-refractivity contribution is 6.27. The van der Waals surface area contributed by atoms with Crippen LogP contribution in [0.4, 0.5) is 10.1 Å². The van der Waals surface area contributed by atoms with Gasteiger partial charge in [-0.3, -0.25) is 20.3 Å². The summed E-state index contributed by atoms with van der Waals surface area (Å²) >= 11 is 0. The predicted molar refractivity (Wildman–Crippen MR) is 183 cm³/mol. The number of hydrogen-bond acceptors (Lipinski definition) is 8. The summed E-state index contributed by atoms with van der Waals surface area (Å²) in [4.78, 5) is 28.3. The maximum atomic E-state index is 15.2. The summed E-state index contributed by atoms with van der Waals surface area (Å²) in [6.45, 7) is 3.66. The zero-order valence-corrected chi connectivity index (χ0v) is 26.8. The highest BCUT2D eigenvalue weighted by atomic mass is 19.1. The van der Waals surface area contributed by atoms with Gasteiger partial charge in [0.25, 0.3) is 5.91 Å². The molecule has 3 aliphatic heterocycles. The molecule has 3 aromatic rings. The molecule has 0 spiro atoms. The Kier molecular flexibility index (Phi) is 9.86. The minimum atomic E-state index is -0.790. The second-order valence-corrected chi connectivity index (χ2v) is 12.7. The number of amidine groups is 1. The Balaban J connectivity index is 0.998. The smallest absolute Gasteiger partial charge is 0.267 e. The highest BCUT2D eigenvalue weighted by Crippen LogP contribution is 2.34. The summed E-state index contributed by atoms with van der Waals surface area (Å²) in [7, 11) is 0. The van der Waals surface area contributed by atoms with Gasteiger partial charge in [0.1, 0.15) is 23.2 Å². The van der Waals surface area contributed by atoms with Gasteiger partial charge in [-0.05, 0) is 92.2 Å². The van der Waals surface area contributed by atoms with Crippen LogP contribution >= 0.6 is 0 Å². The number of nitrogens with one attached hydrogen (secondary N) is 3. The van der Waals surface area contributed by atoms with E-state index < -0.39 is 12.0 Å². The molecule has 11 heteroatoms. The van der Waals surface area contributed by atoms with Crippen molar-refractivity contribution in [3.05, 3.63) is 95.3 Å². The lowest BCUT2D eigenvalue weighted by Gasteiger charge is -2.42. The number of nitrogens with two attached hydrogens (primary N) is 1. The van der Waals surface area contributed by atoms with E-state index in [2.05, 4.69) is 15.1 Å². The van der Waals surface area contributed by atoms with Gasteiger partial charge in [0.2, 0.25) is 5.91 Å². The maximum absolute atomic E-state index is 15.2. The van der Waals surface area contributed by atoms with Crippen molar-refractivity contribution >= 4 is 34.6 Å². The summed E-state index contributed by atoms with van der Waals surface area (Å²) in [6.07, 6.45) is 5.03. The van der Waals surface area contributed by atoms with E-state index in [1.54, 1.807) is 30.3 Å². The fourth-order valence-corrected chi connectivity index (χ4v) is 7.02. The van der Waals surface area contributed by atoms with Crippen LogP contribution < -0.4 is 20.7 Å². The van der Waals surface area contributed by atoms with E-state index >= 15 is 4.39 Å². The van der Waals surface area contributed by atoms with Crippen LogP contribution in [0.15, 0.2) is 72.8 Å². The molecule has 6 rings (SSSR count). The molecule has 3 aliphatic rings. The average Bonchev–Trinajstić information content (AvgIpc) is 3.09. The number of allylic oxidation sites excluding steroid dienone is 1. The number of amides is 2. The van der Waals surface area contributed by atoms with Crippen molar-refractivity contribution in [2.75, 3.05) is 31.1 Å². The van der Waals surface area contributed by atoms with Gasteiger partial charge in [0, 0.05) is 54.9 Å². The van der Waals surface area contributed by atoms with Crippen molar-refractivity contribution in [2.24, 2.45) is 5.73 Å². The number of anilines is 1. The molecule has 2 amide bonds. The van der Waals surface area contributed by atoms with Crippen LogP contribution in [0.3, 0.4) is 0 Å². The third-order valence-corrected chi connectivity index (χ3v) is 9.71. The molecule has 3 heterocycles. The molecule has 3 fully saturated rings. The molecule has 3 aromatic carbocycles. The fourth-order valence-electron chi connectivity index (χ4n) is 7.02. The van der Waals surface area contributed by atoms with Crippen molar-refractivity contribution in [3.63, 3.8) is 0 Å². The molecule has 1 unspecified atom stereocenters. The molecule has 0 saturated carbocycles. The second kappa shape index (κ2) is 14.4. The normalized spacial score (nSPS) is 20.0. The van der Waals surface area contributed by atoms with E-state index in [4.69, 9.17) is 21.3 Å². The number of ether oxygens (including phenoxy) is 1. The minimum absolute atomic E-state index is 0.00399. The number of phenolic OH excluding ortho intramolecular Hbond substituents is 1. The number of benzene rings is 3. The lowest BCUT2D eigenvalue weighted by atomic mass is 9.87. The lowest BCUT2D eigenvalue weighted by molar-refractivity contribution is -0.138. The largest absolute Gasteiger partial charge is 0.507 e. The molecule has 48 heavy (non-hydrogen) atoms. The van der Waals surface area contributed by atoms with E-state index in [1.165, 1.54) is 18.2 Å². The van der Waals surface area contributed by atoms with Gasteiger partial charge in [-0.25, -0.2) is 4.39 Å². The molecule has 1 atom stereocenters. The molecule has 0 aliphatic carbocycles. The van der Waals surface area contributed by atoms with Crippen molar-refractivity contribution < 1.29 is 23.8 Å². The molecule has 0 bridgehead atoms. The Labute approximate surface area is 279 Å². The number of rotatable bonds is 9. The molecular weight excluding hydrogens is 611 g/mol. The summed E-state index contributed by atoms with van der Waals surface area (Å²) in [6, 6.07) is 19.8. The Bertz CT molecular complexity index is 1730. The Hall–Kier alpha value is -5.03. The van der Waals surface area contributed by atoms with Crippen LogP contribution in [0.2, 0.25) is 0 Å². The molecule has 0 aromatic heterocycles. The number of carbonyl (C=O) groups excluding carboxylic acids is 2. The number of aromatic hydroxyl groups is 1. The van der Waals surface area contributed by atoms with E-state index in [1.807, 2.05) is 24.3 Å². The first-order valence-electron chi connectivity index (χ1n) is 16.5. The SMILES string of the molecule is N=C(N)/C(=C\C(=N)c1ccccc1O)c1ccc(N2CCC(N3CCC(c4ccc(OC5CCC(=O)NC5=O)cc4F)CC3)CC2)cc1. The number of halogens is 1. The van der Waals surface area contributed by atoms with Crippen molar-refractivity contribution in [1.29, 1.82) is 10.8 Å². The first-order valence-corrected chi connectivity index (χ1v) is 16.5. The first-order chi connectivity index (χ1) is 23.2. The van der Waals surface area contributed by atoms with E-state index in [0.717, 1.165) is 63.1 Å². The quantitative estimate of drug-likeness (QED) is 0.124. The number of likely N-dealkylation sites (tertiary alicyclic amines) is 1. The van der Waals surface area contributed by atoms with Gasteiger partial charge in [0.05, 0.1) is 5.71 Å². The van der Waals surface area contributed by atoms with Crippen molar-refractivity contribution in [3.8, 4) is 11.5 Å². The number of carbonyl (C=O) groups is 2. The molecule has 0 radical (unpaired) electrons. The van der Waals surface area contributed by atoms with E-state index in [9.17, 15) is 14.7 Å². The third kappa shape index (κ3) is 7.41. The Morgan fingerprint density at radius 1 is 0.938 bits per heavy atom. The van der Waals surface area contributed by atoms with Crippen LogP contribution in [0.25, 0.3) is 5.57 Å². The number of piperidine rings is 3. The molecule has 3 saturated heterocycles. The molecule has 6 N–H and O–H groups in total. The van der Waals surface area contributed by atoms with Crippen molar-refractivity contribution in [1.82, 2.24) is 10.2 Å². The van der Waals surface area contributed by atoms with Crippen molar-refractivity contribution in [2.45, 2.75) is 56.6 Å².